The van der Waals surface area contributed by atoms with Crippen molar-refractivity contribution >= 4 is 22.4 Å². The first-order valence-corrected chi connectivity index (χ1v) is 5.90. The molecule has 6 nitrogen and oxygen atoms in total. The molecule has 0 aliphatic heterocycles. The van der Waals surface area contributed by atoms with Crippen LogP contribution in [0.3, 0.4) is 0 Å². The van der Waals surface area contributed by atoms with Crippen molar-refractivity contribution in [2.75, 3.05) is 5.73 Å². The molecule has 0 saturated carbocycles. The predicted molar refractivity (Wildman–Crippen MR) is 63.3 cm³/mol. The Bertz CT molecular complexity index is 520. The van der Waals surface area contributed by atoms with E-state index in [-0.39, 0.29) is 12.3 Å². The maximum atomic E-state index is 11.6. The summed E-state index contributed by atoms with van der Waals surface area (Å²) in [4.78, 5) is 15.6. The number of hydrogen-bond acceptors (Lipinski definition) is 6. The van der Waals surface area contributed by atoms with E-state index in [9.17, 15) is 4.79 Å². The van der Waals surface area contributed by atoms with Crippen LogP contribution in [0.4, 0.5) is 5.13 Å². The summed E-state index contributed by atoms with van der Waals surface area (Å²) >= 11 is 1.32. The van der Waals surface area contributed by atoms with Gasteiger partial charge in [0.05, 0.1) is 24.4 Å². The number of carbonyl (C=O) groups excluding carboxylic acids is 1. The van der Waals surface area contributed by atoms with Gasteiger partial charge in [-0.25, -0.2) is 4.98 Å². The van der Waals surface area contributed by atoms with Crippen LogP contribution in [0.15, 0.2) is 16.0 Å². The van der Waals surface area contributed by atoms with Crippen molar-refractivity contribution in [3.63, 3.8) is 0 Å². The molecule has 90 valence electrons. The second-order valence-corrected chi connectivity index (χ2v) is 4.45. The molecular formula is C10H12N4O2S. The van der Waals surface area contributed by atoms with Crippen molar-refractivity contribution < 1.29 is 9.32 Å². The fourth-order valence-electron chi connectivity index (χ4n) is 1.32. The van der Waals surface area contributed by atoms with E-state index >= 15 is 0 Å². The van der Waals surface area contributed by atoms with Crippen molar-refractivity contribution in [2.45, 2.75) is 19.9 Å². The number of nitrogen functional groups attached to an aromatic ring is 1. The zero-order valence-electron chi connectivity index (χ0n) is 9.27. The Morgan fingerprint density at radius 1 is 1.65 bits per heavy atom. The highest BCUT2D eigenvalue weighted by Gasteiger charge is 2.07. The molecule has 0 fully saturated rings. The lowest BCUT2D eigenvalue weighted by Crippen LogP contribution is -2.24. The first-order valence-electron chi connectivity index (χ1n) is 5.02. The minimum absolute atomic E-state index is 0.121. The minimum atomic E-state index is -0.121. The van der Waals surface area contributed by atoms with E-state index in [0.29, 0.717) is 23.1 Å². The number of aromatic nitrogens is 2. The average molecular weight is 252 g/mol. The van der Waals surface area contributed by atoms with Crippen molar-refractivity contribution in [3.05, 3.63) is 28.6 Å². The van der Waals surface area contributed by atoms with Crippen LogP contribution < -0.4 is 11.1 Å². The van der Waals surface area contributed by atoms with Gasteiger partial charge >= 0.3 is 0 Å². The number of rotatable bonds is 4. The minimum Gasteiger partial charge on any atom is -0.375 e. The number of anilines is 1. The fourth-order valence-corrected chi connectivity index (χ4v) is 1.88. The molecule has 1 amide bonds. The van der Waals surface area contributed by atoms with Crippen LogP contribution in [0.25, 0.3) is 0 Å². The standard InChI is InChI=1S/C10H12N4O2S/c1-6-2-8(16-14-6)4-12-9(15)3-7-5-17-10(11)13-7/h2,5H,3-4H2,1H3,(H2,11,13)(H,12,15). The van der Waals surface area contributed by atoms with Gasteiger partial charge in [0.2, 0.25) is 5.91 Å². The molecule has 0 saturated heterocycles. The molecular weight excluding hydrogens is 240 g/mol. The molecule has 0 aliphatic carbocycles. The van der Waals surface area contributed by atoms with Crippen LogP contribution in [0, 0.1) is 6.92 Å². The normalized spacial score (nSPS) is 10.4. The first-order chi connectivity index (χ1) is 8.13. The molecule has 7 heteroatoms. The van der Waals surface area contributed by atoms with Crippen LogP contribution in [0.2, 0.25) is 0 Å². The van der Waals surface area contributed by atoms with Gasteiger partial charge in [-0.15, -0.1) is 11.3 Å². The number of nitrogens with zero attached hydrogens (tertiary/aromatic N) is 2. The highest BCUT2D eigenvalue weighted by Crippen LogP contribution is 2.11. The van der Waals surface area contributed by atoms with E-state index in [2.05, 4.69) is 15.5 Å². The van der Waals surface area contributed by atoms with Crippen molar-refractivity contribution in [3.8, 4) is 0 Å². The molecule has 17 heavy (non-hydrogen) atoms. The van der Waals surface area contributed by atoms with Crippen molar-refractivity contribution in [2.24, 2.45) is 0 Å². The SMILES string of the molecule is Cc1cc(CNC(=O)Cc2csc(N)n2)on1. The maximum absolute atomic E-state index is 11.6. The summed E-state index contributed by atoms with van der Waals surface area (Å²) in [5.41, 5.74) is 6.95. The zero-order valence-corrected chi connectivity index (χ0v) is 10.1. The van der Waals surface area contributed by atoms with E-state index in [1.807, 2.05) is 6.92 Å². The van der Waals surface area contributed by atoms with Gasteiger partial charge in [0.15, 0.2) is 10.9 Å². The summed E-state index contributed by atoms with van der Waals surface area (Å²) in [7, 11) is 0. The average Bonchev–Trinajstić information content (AvgIpc) is 2.85. The molecule has 3 N–H and O–H groups in total. The Morgan fingerprint density at radius 2 is 2.47 bits per heavy atom. The lowest BCUT2D eigenvalue weighted by molar-refractivity contribution is -0.120. The number of hydrogen-bond donors (Lipinski definition) is 2. The van der Waals surface area contributed by atoms with Gasteiger partial charge < -0.3 is 15.6 Å². The number of thiazole rings is 1. The lowest BCUT2D eigenvalue weighted by atomic mass is 10.3. The Kier molecular flexibility index (Phi) is 3.38. The molecule has 0 bridgehead atoms. The van der Waals surface area contributed by atoms with Crippen LogP contribution in [-0.4, -0.2) is 16.0 Å². The van der Waals surface area contributed by atoms with Crippen molar-refractivity contribution in [1.29, 1.82) is 0 Å². The maximum Gasteiger partial charge on any atom is 0.226 e. The molecule has 0 spiro atoms. The predicted octanol–water partition coefficient (Wildman–Crippen LogP) is 0.881. The Labute approximate surface area is 102 Å². The summed E-state index contributed by atoms with van der Waals surface area (Å²) in [6, 6.07) is 1.78. The molecule has 0 unspecified atom stereocenters. The van der Waals surface area contributed by atoms with Gasteiger partial charge in [0, 0.05) is 11.4 Å². The van der Waals surface area contributed by atoms with E-state index in [1.54, 1.807) is 11.4 Å². The molecule has 0 aliphatic rings. The molecule has 0 aromatic carbocycles. The van der Waals surface area contributed by atoms with E-state index in [0.717, 1.165) is 5.69 Å². The molecule has 2 aromatic heterocycles. The largest absolute Gasteiger partial charge is 0.375 e. The topological polar surface area (TPSA) is 94.0 Å². The van der Waals surface area contributed by atoms with Crippen LogP contribution in [0.5, 0.6) is 0 Å². The van der Waals surface area contributed by atoms with E-state index in [1.165, 1.54) is 11.3 Å². The van der Waals surface area contributed by atoms with E-state index < -0.39 is 0 Å². The molecule has 0 radical (unpaired) electrons. The third-order valence-electron chi connectivity index (χ3n) is 2.05. The number of nitrogens with two attached hydrogens (primary N) is 1. The van der Waals surface area contributed by atoms with Crippen molar-refractivity contribution in [1.82, 2.24) is 15.5 Å². The summed E-state index contributed by atoms with van der Waals surface area (Å²) in [6.07, 6.45) is 0.223. The summed E-state index contributed by atoms with van der Waals surface area (Å²) < 4.78 is 4.97. The highest BCUT2D eigenvalue weighted by molar-refractivity contribution is 7.13. The number of nitrogens with one attached hydrogen (secondary N) is 1. The second kappa shape index (κ2) is 4.96. The Balaban J connectivity index is 1.82. The van der Waals surface area contributed by atoms with Gasteiger partial charge in [0.25, 0.3) is 0 Å². The molecule has 0 atom stereocenters. The van der Waals surface area contributed by atoms with Gasteiger partial charge in [-0.05, 0) is 6.92 Å². The highest BCUT2D eigenvalue weighted by atomic mass is 32.1. The Morgan fingerprint density at radius 3 is 3.06 bits per heavy atom. The monoisotopic (exact) mass is 252 g/mol. The lowest BCUT2D eigenvalue weighted by Gasteiger charge is -2.00. The van der Waals surface area contributed by atoms with Gasteiger partial charge in [-0.3, -0.25) is 4.79 Å². The second-order valence-electron chi connectivity index (χ2n) is 3.57. The molecule has 2 rings (SSSR count). The third kappa shape index (κ3) is 3.28. The zero-order chi connectivity index (χ0) is 12.3. The summed E-state index contributed by atoms with van der Waals surface area (Å²) in [5.74, 6) is 0.512. The van der Waals surface area contributed by atoms with Crippen LogP contribution in [-0.2, 0) is 17.8 Å². The number of amides is 1. The third-order valence-corrected chi connectivity index (χ3v) is 2.77. The van der Waals surface area contributed by atoms with Crippen LogP contribution >= 0.6 is 11.3 Å². The fraction of sp³-hybridized carbons (Fsp3) is 0.300. The summed E-state index contributed by atoms with van der Waals surface area (Å²) in [6.45, 7) is 2.16. The number of carbonyl (C=O) groups is 1. The van der Waals surface area contributed by atoms with E-state index in [4.69, 9.17) is 10.3 Å². The Hall–Kier alpha value is -1.89. The van der Waals surface area contributed by atoms with Gasteiger partial charge in [-0.2, -0.15) is 0 Å². The van der Waals surface area contributed by atoms with Gasteiger partial charge in [0.1, 0.15) is 0 Å². The summed E-state index contributed by atoms with van der Waals surface area (Å²) in [5, 5.41) is 8.69. The van der Waals surface area contributed by atoms with Gasteiger partial charge in [-0.1, -0.05) is 5.16 Å². The first kappa shape index (κ1) is 11.6. The molecule has 2 aromatic rings. The number of aryl methyl sites for hydroxylation is 1. The smallest absolute Gasteiger partial charge is 0.226 e. The quantitative estimate of drug-likeness (QED) is 0.842. The molecule has 2 heterocycles. The van der Waals surface area contributed by atoms with Crippen LogP contribution in [0.1, 0.15) is 17.1 Å².